The first-order valence-electron chi connectivity index (χ1n) is 13.0. The van der Waals surface area contributed by atoms with Crippen molar-refractivity contribution in [2.45, 2.75) is 52.9 Å². The topological polar surface area (TPSA) is 103 Å². The van der Waals surface area contributed by atoms with E-state index in [1.165, 1.54) is 13.2 Å². The minimum atomic E-state index is -0.841. The first kappa shape index (κ1) is 28.6. The molecule has 0 aromatic heterocycles. The molecule has 1 aliphatic rings. The minimum Gasteiger partial charge on any atom is -0.493 e. The summed E-state index contributed by atoms with van der Waals surface area (Å²) in [6.07, 6.45) is 6.58. The second-order valence-corrected chi connectivity index (χ2v) is 8.69. The normalized spacial score (nSPS) is 14.5. The Morgan fingerprint density at radius 2 is 1.53 bits per heavy atom. The van der Waals surface area contributed by atoms with Gasteiger partial charge in [0, 0.05) is 6.07 Å². The highest BCUT2D eigenvalue weighted by Gasteiger charge is 2.37. The van der Waals surface area contributed by atoms with Gasteiger partial charge in [0.2, 0.25) is 0 Å². The van der Waals surface area contributed by atoms with E-state index in [1.54, 1.807) is 36.4 Å². The lowest BCUT2D eigenvalue weighted by molar-refractivity contribution is -0.122. The minimum absolute atomic E-state index is 0.191. The van der Waals surface area contributed by atoms with Gasteiger partial charge in [-0.25, -0.2) is 9.69 Å². The summed E-state index contributed by atoms with van der Waals surface area (Å²) in [6.45, 7) is 7.40. The first-order chi connectivity index (χ1) is 18.4. The second kappa shape index (κ2) is 14.1. The molecule has 0 saturated carbocycles. The van der Waals surface area contributed by atoms with Crippen LogP contribution in [0.3, 0.4) is 0 Å². The molecule has 1 fully saturated rings. The Morgan fingerprint density at radius 3 is 2.24 bits per heavy atom. The van der Waals surface area contributed by atoms with E-state index in [2.05, 4.69) is 12.2 Å². The van der Waals surface area contributed by atoms with Crippen molar-refractivity contribution in [2.75, 3.05) is 31.8 Å². The number of imide groups is 2. The molecule has 0 aliphatic carbocycles. The van der Waals surface area contributed by atoms with Crippen LogP contribution in [0.2, 0.25) is 0 Å². The smallest absolute Gasteiger partial charge is 0.335 e. The van der Waals surface area contributed by atoms with Gasteiger partial charge in [-0.3, -0.25) is 14.9 Å². The molecular formula is C29H36N2O7. The number of nitrogens with one attached hydrogen (secondary N) is 1. The summed E-state index contributed by atoms with van der Waals surface area (Å²) < 4.78 is 22.7. The van der Waals surface area contributed by atoms with Crippen LogP contribution in [-0.2, 0) is 9.59 Å². The van der Waals surface area contributed by atoms with Gasteiger partial charge in [0.1, 0.15) is 5.57 Å². The van der Waals surface area contributed by atoms with E-state index in [0.717, 1.165) is 37.0 Å². The summed E-state index contributed by atoms with van der Waals surface area (Å²) in [5.41, 5.74) is 0.609. The van der Waals surface area contributed by atoms with Gasteiger partial charge in [-0.2, -0.15) is 0 Å². The van der Waals surface area contributed by atoms with Gasteiger partial charge < -0.3 is 18.9 Å². The zero-order valence-electron chi connectivity index (χ0n) is 22.5. The summed E-state index contributed by atoms with van der Waals surface area (Å²) >= 11 is 0. The Labute approximate surface area is 223 Å². The monoisotopic (exact) mass is 524 g/mol. The molecule has 0 radical (unpaired) electrons. The number of carbonyl (C=O) groups is 3. The van der Waals surface area contributed by atoms with E-state index in [-0.39, 0.29) is 11.3 Å². The zero-order valence-corrected chi connectivity index (χ0v) is 22.5. The van der Waals surface area contributed by atoms with Crippen molar-refractivity contribution in [2.24, 2.45) is 0 Å². The number of anilines is 1. The molecule has 9 nitrogen and oxygen atoms in total. The molecule has 0 bridgehead atoms. The number of hydrogen-bond donors (Lipinski definition) is 1. The number of carbonyl (C=O) groups excluding carboxylic acids is 3. The zero-order chi connectivity index (χ0) is 27.5. The average molecular weight is 525 g/mol. The summed E-state index contributed by atoms with van der Waals surface area (Å²) in [6, 6.07) is 9.08. The Morgan fingerprint density at radius 1 is 0.789 bits per heavy atom. The SMILES string of the molecule is CCCCCCOc1ccc(/C=C2\C(=O)NC(=O)N(c3ccc(OCCC)c(OCC)c3)C2=O)cc1OC. The van der Waals surface area contributed by atoms with Crippen molar-refractivity contribution in [1.82, 2.24) is 5.32 Å². The third-order valence-corrected chi connectivity index (χ3v) is 5.80. The number of hydrogen-bond acceptors (Lipinski definition) is 7. The number of methoxy groups -OCH3 is 1. The number of urea groups is 1. The Kier molecular flexibility index (Phi) is 10.6. The quantitative estimate of drug-likeness (QED) is 0.197. The molecule has 4 amide bonds. The number of nitrogens with zero attached hydrogens (tertiary/aromatic N) is 1. The number of benzene rings is 2. The van der Waals surface area contributed by atoms with Crippen LogP contribution >= 0.6 is 0 Å². The van der Waals surface area contributed by atoms with Crippen molar-refractivity contribution in [3.05, 3.63) is 47.5 Å². The molecule has 1 heterocycles. The molecule has 2 aromatic rings. The van der Waals surface area contributed by atoms with Crippen LogP contribution in [0.4, 0.5) is 10.5 Å². The molecule has 1 saturated heterocycles. The highest BCUT2D eigenvalue weighted by molar-refractivity contribution is 6.39. The molecule has 0 atom stereocenters. The lowest BCUT2D eigenvalue weighted by Gasteiger charge is -2.27. The molecule has 1 N–H and O–H groups in total. The van der Waals surface area contributed by atoms with Crippen molar-refractivity contribution in [1.29, 1.82) is 0 Å². The number of amides is 4. The fraction of sp³-hybridized carbons (Fsp3) is 0.414. The Bertz CT molecular complexity index is 1180. The fourth-order valence-electron chi connectivity index (χ4n) is 3.90. The molecule has 0 spiro atoms. The third-order valence-electron chi connectivity index (χ3n) is 5.80. The van der Waals surface area contributed by atoms with Crippen LogP contribution < -0.4 is 29.2 Å². The Hall–Kier alpha value is -4.01. The standard InChI is InChI=1S/C29H36N2O7/c1-5-8-9-10-16-38-23-13-11-20(18-25(23)35-4)17-22-27(32)30-29(34)31(28(22)33)21-12-14-24(37-15-6-2)26(19-21)36-7-3/h11-14,17-19H,5-10,15-16H2,1-4H3,(H,30,32,34)/b22-17+. The van der Waals surface area contributed by atoms with E-state index in [0.29, 0.717) is 48.4 Å². The van der Waals surface area contributed by atoms with Gasteiger partial charge in [0.25, 0.3) is 11.8 Å². The van der Waals surface area contributed by atoms with E-state index < -0.39 is 17.8 Å². The van der Waals surface area contributed by atoms with Crippen LogP contribution in [-0.4, -0.2) is 44.8 Å². The summed E-state index contributed by atoms with van der Waals surface area (Å²) in [5, 5.41) is 2.24. The van der Waals surface area contributed by atoms with Gasteiger partial charge in [0.15, 0.2) is 23.0 Å². The van der Waals surface area contributed by atoms with E-state index >= 15 is 0 Å². The van der Waals surface area contributed by atoms with Crippen LogP contribution in [0, 0.1) is 0 Å². The van der Waals surface area contributed by atoms with Gasteiger partial charge in [-0.15, -0.1) is 0 Å². The van der Waals surface area contributed by atoms with Crippen molar-refractivity contribution < 1.29 is 33.3 Å². The summed E-state index contributed by atoms with van der Waals surface area (Å²) in [4.78, 5) is 39.6. The van der Waals surface area contributed by atoms with Crippen molar-refractivity contribution in [3.8, 4) is 23.0 Å². The summed E-state index contributed by atoms with van der Waals surface area (Å²) in [5.74, 6) is 0.440. The average Bonchev–Trinajstić information content (AvgIpc) is 2.91. The Balaban J connectivity index is 1.86. The van der Waals surface area contributed by atoms with Crippen LogP contribution in [0.5, 0.6) is 23.0 Å². The summed E-state index contributed by atoms with van der Waals surface area (Å²) in [7, 11) is 1.53. The van der Waals surface area contributed by atoms with Crippen molar-refractivity contribution >= 4 is 29.6 Å². The van der Waals surface area contributed by atoms with E-state index in [1.807, 2.05) is 13.8 Å². The van der Waals surface area contributed by atoms with Crippen LogP contribution in [0.1, 0.15) is 58.4 Å². The second-order valence-electron chi connectivity index (χ2n) is 8.69. The van der Waals surface area contributed by atoms with Gasteiger partial charge in [0.05, 0.1) is 32.6 Å². The maximum atomic E-state index is 13.4. The largest absolute Gasteiger partial charge is 0.493 e. The molecule has 38 heavy (non-hydrogen) atoms. The van der Waals surface area contributed by atoms with E-state index in [4.69, 9.17) is 18.9 Å². The first-order valence-corrected chi connectivity index (χ1v) is 13.0. The number of unbranched alkanes of at least 4 members (excludes halogenated alkanes) is 3. The molecule has 1 aliphatic heterocycles. The van der Waals surface area contributed by atoms with E-state index in [9.17, 15) is 14.4 Å². The lowest BCUT2D eigenvalue weighted by Crippen LogP contribution is -2.54. The van der Waals surface area contributed by atoms with Crippen LogP contribution in [0.15, 0.2) is 42.0 Å². The predicted molar refractivity (Wildman–Crippen MR) is 145 cm³/mol. The molecule has 3 rings (SSSR count). The highest BCUT2D eigenvalue weighted by atomic mass is 16.5. The molecule has 2 aromatic carbocycles. The van der Waals surface area contributed by atoms with Crippen LogP contribution in [0.25, 0.3) is 6.08 Å². The third kappa shape index (κ3) is 7.06. The van der Waals surface area contributed by atoms with Gasteiger partial charge >= 0.3 is 6.03 Å². The number of ether oxygens (including phenoxy) is 4. The predicted octanol–water partition coefficient (Wildman–Crippen LogP) is 5.51. The lowest BCUT2D eigenvalue weighted by atomic mass is 10.1. The maximum Gasteiger partial charge on any atom is 0.335 e. The molecule has 204 valence electrons. The molecule has 0 unspecified atom stereocenters. The van der Waals surface area contributed by atoms with Gasteiger partial charge in [-0.1, -0.05) is 39.2 Å². The molecule has 9 heteroatoms. The number of rotatable bonds is 14. The highest BCUT2D eigenvalue weighted by Crippen LogP contribution is 2.34. The maximum absolute atomic E-state index is 13.4. The number of barbiturate groups is 1. The van der Waals surface area contributed by atoms with Crippen molar-refractivity contribution in [3.63, 3.8) is 0 Å². The van der Waals surface area contributed by atoms with Gasteiger partial charge in [-0.05, 0) is 55.7 Å². The fourth-order valence-corrected chi connectivity index (χ4v) is 3.90. The molecular weight excluding hydrogens is 488 g/mol.